The van der Waals surface area contributed by atoms with Gasteiger partial charge in [0.2, 0.25) is 0 Å². The van der Waals surface area contributed by atoms with E-state index in [-0.39, 0.29) is 43.0 Å². The van der Waals surface area contributed by atoms with Crippen LogP contribution in [0.25, 0.3) is 0 Å². The van der Waals surface area contributed by atoms with Crippen molar-refractivity contribution in [1.29, 1.82) is 0 Å². The van der Waals surface area contributed by atoms with Crippen molar-refractivity contribution in [3.63, 3.8) is 0 Å². The zero-order chi connectivity index (χ0) is 21.7. The third kappa shape index (κ3) is 6.51. The van der Waals surface area contributed by atoms with Gasteiger partial charge in [-0.3, -0.25) is 4.99 Å². The zero-order valence-corrected chi connectivity index (χ0v) is 20.0. The second-order valence-electron chi connectivity index (χ2n) is 6.44. The second kappa shape index (κ2) is 11.2. The number of sulfonamides is 1. The van der Waals surface area contributed by atoms with Crippen molar-refractivity contribution in [3.8, 4) is 11.5 Å². The van der Waals surface area contributed by atoms with E-state index in [0.717, 1.165) is 0 Å². The van der Waals surface area contributed by atoms with E-state index in [2.05, 4.69) is 15.6 Å². The Hall–Kier alpha value is -1.48. The fourth-order valence-electron chi connectivity index (χ4n) is 2.97. The summed E-state index contributed by atoms with van der Waals surface area (Å²) in [4.78, 5) is 4.12. The summed E-state index contributed by atoms with van der Waals surface area (Å²) in [6, 6.07) is 5.27. The molecule has 0 atom stereocenters. The highest BCUT2D eigenvalue weighted by atomic mass is 127. The molecular formula is C17H26F3IN4O4S. The highest BCUT2D eigenvalue weighted by molar-refractivity contribution is 14.0. The topological polar surface area (TPSA) is 92.3 Å². The summed E-state index contributed by atoms with van der Waals surface area (Å²) in [6.45, 7) is 0.138. The van der Waals surface area contributed by atoms with Gasteiger partial charge in [0.25, 0.3) is 0 Å². The van der Waals surface area contributed by atoms with Gasteiger partial charge in [-0.25, -0.2) is 8.42 Å². The van der Waals surface area contributed by atoms with Crippen molar-refractivity contribution >= 4 is 45.6 Å². The molecule has 172 valence electrons. The molecule has 1 aromatic carbocycles. The normalized spacial score (nSPS) is 16.5. The minimum absolute atomic E-state index is 0. The molecule has 1 aromatic rings. The predicted octanol–water partition coefficient (Wildman–Crippen LogP) is 2.87. The quantitative estimate of drug-likeness (QED) is 0.313. The molecule has 0 bridgehead atoms. The van der Waals surface area contributed by atoms with Gasteiger partial charge >= 0.3 is 15.5 Å². The van der Waals surface area contributed by atoms with Gasteiger partial charge in [0, 0.05) is 38.4 Å². The Morgan fingerprint density at radius 3 is 2.30 bits per heavy atom. The molecule has 1 saturated heterocycles. The maximum atomic E-state index is 12.6. The Morgan fingerprint density at radius 1 is 1.20 bits per heavy atom. The van der Waals surface area contributed by atoms with Gasteiger partial charge in [0.05, 0.1) is 14.2 Å². The fraction of sp³-hybridized carbons (Fsp3) is 0.588. The number of nitrogens with one attached hydrogen (secondary N) is 2. The smallest absolute Gasteiger partial charge is 0.493 e. The molecule has 2 rings (SSSR count). The van der Waals surface area contributed by atoms with E-state index in [1.54, 1.807) is 25.2 Å². The number of hydrogen-bond acceptors (Lipinski definition) is 5. The number of halogens is 4. The molecule has 0 amide bonds. The molecular weight excluding hydrogens is 540 g/mol. The molecule has 1 heterocycles. The molecule has 0 aliphatic carbocycles. The Bertz CT molecular complexity index is 829. The fourth-order valence-corrected chi connectivity index (χ4v) is 3.96. The SMILES string of the molecule is CN=C(NCC1CCN(S(=O)(=O)C(F)(F)F)CC1)Nc1ccc(OC)c(OC)c1.I. The maximum absolute atomic E-state index is 12.6. The molecule has 8 nitrogen and oxygen atoms in total. The molecule has 0 spiro atoms. The van der Waals surface area contributed by atoms with Crippen LogP contribution in [-0.4, -0.2) is 65.1 Å². The maximum Gasteiger partial charge on any atom is 0.511 e. The third-order valence-electron chi connectivity index (χ3n) is 4.63. The largest absolute Gasteiger partial charge is 0.511 e. The Kier molecular flexibility index (Phi) is 9.94. The number of benzene rings is 1. The van der Waals surface area contributed by atoms with Crippen LogP contribution in [0.1, 0.15) is 12.8 Å². The van der Waals surface area contributed by atoms with E-state index in [1.165, 1.54) is 14.2 Å². The molecule has 0 unspecified atom stereocenters. The number of piperidine rings is 1. The first-order valence-corrected chi connectivity index (χ1v) is 10.3. The number of guanidine groups is 1. The summed E-state index contributed by atoms with van der Waals surface area (Å²) in [5, 5.41) is 6.21. The number of hydrogen-bond donors (Lipinski definition) is 2. The lowest BCUT2D eigenvalue weighted by Gasteiger charge is -2.31. The molecule has 30 heavy (non-hydrogen) atoms. The zero-order valence-electron chi connectivity index (χ0n) is 16.8. The van der Waals surface area contributed by atoms with E-state index >= 15 is 0 Å². The summed E-state index contributed by atoms with van der Waals surface area (Å²) >= 11 is 0. The summed E-state index contributed by atoms with van der Waals surface area (Å²) in [5.41, 5.74) is -4.55. The molecule has 0 saturated carbocycles. The van der Waals surface area contributed by atoms with Crippen LogP contribution >= 0.6 is 24.0 Å². The van der Waals surface area contributed by atoms with Crippen LogP contribution in [0.2, 0.25) is 0 Å². The predicted molar refractivity (Wildman–Crippen MR) is 119 cm³/mol. The second-order valence-corrected chi connectivity index (χ2v) is 8.37. The number of ether oxygens (including phenoxy) is 2. The van der Waals surface area contributed by atoms with Crippen molar-refractivity contribution in [2.24, 2.45) is 10.9 Å². The highest BCUT2D eigenvalue weighted by Gasteiger charge is 2.50. The minimum Gasteiger partial charge on any atom is -0.493 e. The number of alkyl halides is 3. The van der Waals surface area contributed by atoms with E-state index in [0.29, 0.717) is 46.8 Å². The van der Waals surface area contributed by atoms with Crippen LogP contribution in [0.4, 0.5) is 18.9 Å². The van der Waals surface area contributed by atoms with E-state index in [9.17, 15) is 21.6 Å². The van der Waals surface area contributed by atoms with Crippen molar-refractivity contribution < 1.29 is 31.1 Å². The summed E-state index contributed by atoms with van der Waals surface area (Å²) in [7, 11) is -0.599. The molecule has 13 heteroatoms. The molecule has 0 radical (unpaired) electrons. The molecule has 1 aliphatic rings. The van der Waals surface area contributed by atoms with Gasteiger partial charge in [0.15, 0.2) is 17.5 Å². The average Bonchev–Trinajstić information content (AvgIpc) is 2.70. The van der Waals surface area contributed by atoms with Gasteiger partial charge in [-0.05, 0) is 30.9 Å². The van der Waals surface area contributed by atoms with Crippen molar-refractivity contribution in [1.82, 2.24) is 9.62 Å². The third-order valence-corrected chi connectivity index (χ3v) is 6.26. The van der Waals surface area contributed by atoms with Gasteiger partial charge in [-0.2, -0.15) is 17.5 Å². The monoisotopic (exact) mass is 566 g/mol. The summed E-state index contributed by atoms with van der Waals surface area (Å²) in [5.74, 6) is 1.63. The standard InChI is InChI=1S/C17H25F3N4O4S.HI/c1-21-16(23-13-4-5-14(27-2)15(10-13)28-3)22-11-12-6-8-24(9-7-12)29(25,26)17(18,19)20;/h4-5,10,12H,6-9,11H2,1-3H3,(H2,21,22,23);1H. The van der Waals surface area contributed by atoms with Gasteiger partial charge in [0.1, 0.15) is 0 Å². The number of methoxy groups -OCH3 is 2. The molecule has 1 fully saturated rings. The Labute approximate surface area is 191 Å². The van der Waals surface area contributed by atoms with Crippen LogP contribution in [0.5, 0.6) is 11.5 Å². The summed E-state index contributed by atoms with van der Waals surface area (Å²) in [6.07, 6.45) is 0.658. The van der Waals surface area contributed by atoms with Gasteiger partial charge < -0.3 is 20.1 Å². The van der Waals surface area contributed by atoms with Crippen LogP contribution in [0, 0.1) is 5.92 Å². The number of anilines is 1. The first-order valence-electron chi connectivity index (χ1n) is 8.88. The van der Waals surface area contributed by atoms with Crippen molar-refractivity contribution in [2.45, 2.75) is 18.3 Å². The van der Waals surface area contributed by atoms with E-state index in [1.807, 2.05) is 0 Å². The van der Waals surface area contributed by atoms with E-state index in [4.69, 9.17) is 9.47 Å². The Morgan fingerprint density at radius 2 is 1.80 bits per heavy atom. The summed E-state index contributed by atoms with van der Waals surface area (Å²) < 4.78 is 71.8. The number of nitrogens with zero attached hydrogens (tertiary/aromatic N) is 2. The lowest BCUT2D eigenvalue weighted by molar-refractivity contribution is -0.0496. The number of aliphatic imine (C=N–C) groups is 1. The van der Waals surface area contributed by atoms with E-state index < -0.39 is 15.5 Å². The van der Waals surface area contributed by atoms with Crippen LogP contribution in [0.3, 0.4) is 0 Å². The van der Waals surface area contributed by atoms with Crippen LogP contribution in [0.15, 0.2) is 23.2 Å². The van der Waals surface area contributed by atoms with Gasteiger partial charge in [-0.1, -0.05) is 0 Å². The average molecular weight is 566 g/mol. The van der Waals surface area contributed by atoms with Crippen LogP contribution in [-0.2, 0) is 10.0 Å². The van der Waals surface area contributed by atoms with Crippen molar-refractivity contribution in [2.75, 3.05) is 46.2 Å². The molecule has 1 aliphatic heterocycles. The Balaban J connectivity index is 0.00000450. The van der Waals surface area contributed by atoms with Crippen molar-refractivity contribution in [3.05, 3.63) is 18.2 Å². The molecule has 2 N–H and O–H groups in total. The lowest BCUT2D eigenvalue weighted by atomic mass is 9.98. The van der Waals surface area contributed by atoms with Gasteiger partial charge in [-0.15, -0.1) is 24.0 Å². The first-order chi connectivity index (χ1) is 13.6. The first kappa shape index (κ1) is 26.6. The number of rotatable bonds is 6. The molecule has 0 aromatic heterocycles. The lowest BCUT2D eigenvalue weighted by Crippen LogP contribution is -2.46. The highest BCUT2D eigenvalue weighted by Crippen LogP contribution is 2.31. The minimum atomic E-state index is -5.26. The van der Waals surface area contributed by atoms with Crippen LogP contribution < -0.4 is 20.1 Å².